The minimum atomic E-state index is -0.973. The molecule has 0 saturated heterocycles. The lowest BCUT2D eigenvalue weighted by Crippen LogP contribution is -2.09. The number of carboxylic acids is 1. The van der Waals surface area contributed by atoms with E-state index in [2.05, 4.69) is 0 Å². The van der Waals surface area contributed by atoms with Crippen LogP contribution in [0.1, 0.15) is 11.1 Å². The smallest absolute Gasteiger partial charge is 0.329 e. The van der Waals surface area contributed by atoms with Gasteiger partial charge in [-0.05, 0) is 36.6 Å². The molecule has 1 rings (SSSR count). The Labute approximate surface area is 105 Å². The number of benzene rings is 1. The molecular formula is C12H15ClO4. The first-order chi connectivity index (χ1) is 8.04. The highest BCUT2D eigenvalue weighted by Gasteiger charge is 2.08. The van der Waals surface area contributed by atoms with Crippen LogP contribution < -0.4 is 4.74 Å². The van der Waals surface area contributed by atoms with Gasteiger partial charge in [0.15, 0.2) is 0 Å². The van der Waals surface area contributed by atoms with E-state index in [1.54, 1.807) is 13.2 Å². The summed E-state index contributed by atoms with van der Waals surface area (Å²) in [7, 11) is 1.60. The van der Waals surface area contributed by atoms with E-state index in [0.29, 0.717) is 18.1 Å². The Balaban J connectivity index is 2.66. The molecular weight excluding hydrogens is 244 g/mol. The van der Waals surface area contributed by atoms with Gasteiger partial charge in [0.05, 0.1) is 13.7 Å². The molecule has 1 aromatic rings. The molecule has 4 nitrogen and oxygen atoms in total. The summed E-state index contributed by atoms with van der Waals surface area (Å²) in [6.45, 7) is 1.94. The number of carbonyl (C=O) groups is 1. The van der Waals surface area contributed by atoms with Gasteiger partial charge in [-0.25, -0.2) is 4.79 Å². The lowest BCUT2D eigenvalue weighted by atomic mass is 10.1. The third-order valence-electron chi connectivity index (χ3n) is 2.26. The minimum Gasteiger partial charge on any atom is -0.496 e. The molecule has 1 N–H and O–H groups in total. The molecule has 0 radical (unpaired) electrons. The lowest BCUT2D eigenvalue weighted by Gasteiger charge is -2.12. The monoisotopic (exact) mass is 258 g/mol. The molecule has 0 spiro atoms. The summed E-state index contributed by atoms with van der Waals surface area (Å²) >= 11 is 5.95. The number of aryl methyl sites for hydroxylation is 1. The molecule has 0 fully saturated rings. The third-order valence-corrected chi connectivity index (χ3v) is 2.48. The predicted octanol–water partition coefficient (Wildman–Crippen LogP) is 2.30. The number of aliphatic carboxylic acids is 1. The Kier molecular flexibility index (Phi) is 5.25. The van der Waals surface area contributed by atoms with Gasteiger partial charge >= 0.3 is 5.97 Å². The van der Waals surface area contributed by atoms with E-state index in [4.69, 9.17) is 26.2 Å². The molecule has 0 heterocycles. The Morgan fingerprint density at radius 1 is 1.47 bits per heavy atom. The van der Waals surface area contributed by atoms with Crippen LogP contribution in [0.5, 0.6) is 5.75 Å². The fraction of sp³-hybridized carbons (Fsp3) is 0.417. The number of hydrogen-bond acceptors (Lipinski definition) is 3. The van der Waals surface area contributed by atoms with Gasteiger partial charge in [0.2, 0.25) is 0 Å². The first-order valence-corrected chi connectivity index (χ1v) is 5.55. The van der Waals surface area contributed by atoms with Crippen molar-refractivity contribution < 1.29 is 19.4 Å². The maximum Gasteiger partial charge on any atom is 0.329 e. The summed E-state index contributed by atoms with van der Waals surface area (Å²) in [5.74, 6) is -0.201. The van der Waals surface area contributed by atoms with E-state index in [1.165, 1.54) is 0 Å². The van der Waals surface area contributed by atoms with Crippen molar-refractivity contribution in [2.45, 2.75) is 13.3 Å². The molecule has 1 aromatic carbocycles. The van der Waals surface area contributed by atoms with Gasteiger partial charge in [-0.3, -0.25) is 0 Å². The molecule has 94 valence electrons. The van der Waals surface area contributed by atoms with Gasteiger partial charge in [-0.15, -0.1) is 0 Å². The van der Waals surface area contributed by atoms with Crippen LogP contribution in [0, 0.1) is 6.92 Å². The number of halogens is 1. The molecule has 0 aliphatic heterocycles. The van der Waals surface area contributed by atoms with Gasteiger partial charge < -0.3 is 14.6 Å². The van der Waals surface area contributed by atoms with Gasteiger partial charge in [-0.2, -0.15) is 0 Å². The highest BCUT2D eigenvalue weighted by Crippen LogP contribution is 2.27. The SMILES string of the molecule is COc1c(C)cc(Cl)cc1CCOCC(=O)O. The van der Waals surface area contributed by atoms with Crippen LogP contribution in [-0.4, -0.2) is 31.4 Å². The Bertz CT molecular complexity index is 404. The van der Waals surface area contributed by atoms with Crippen molar-refractivity contribution in [3.63, 3.8) is 0 Å². The van der Waals surface area contributed by atoms with Gasteiger partial charge in [0, 0.05) is 5.02 Å². The van der Waals surface area contributed by atoms with Gasteiger partial charge in [0.1, 0.15) is 12.4 Å². The molecule has 0 bridgehead atoms. The van der Waals surface area contributed by atoms with Crippen LogP contribution in [0.3, 0.4) is 0 Å². The van der Waals surface area contributed by atoms with Crippen molar-refractivity contribution in [2.24, 2.45) is 0 Å². The third kappa shape index (κ3) is 4.24. The van der Waals surface area contributed by atoms with E-state index in [-0.39, 0.29) is 6.61 Å². The van der Waals surface area contributed by atoms with Crippen LogP contribution in [-0.2, 0) is 16.0 Å². The molecule has 0 saturated carbocycles. The summed E-state index contributed by atoms with van der Waals surface area (Å²) in [4.78, 5) is 10.3. The fourth-order valence-corrected chi connectivity index (χ4v) is 1.91. The Morgan fingerprint density at radius 3 is 2.76 bits per heavy atom. The largest absolute Gasteiger partial charge is 0.496 e. The van der Waals surface area contributed by atoms with Crippen molar-refractivity contribution in [3.8, 4) is 5.75 Å². The molecule has 0 unspecified atom stereocenters. The van der Waals surface area contributed by atoms with Gasteiger partial charge in [0.25, 0.3) is 0 Å². The second kappa shape index (κ2) is 6.47. The van der Waals surface area contributed by atoms with Gasteiger partial charge in [-0.1, -0.05) is 11.6 Å². The standard InChI is InChI=1S/C12H15ClO4/c1-8-5-10(13)6-9(12(8)16-2)3-4-17-7-11(14)15/h5-6H,3-4,7H2,1-2H3,(H,14,15). The Hall–Kier alpha value is -1.26. The average Bonchev–Trinajstić information content (AvgIpc) is 2.23. The Morgan fingerprint density at radius 2 is 2.18 bits per heavy atom. The summed E-state index contributed by atoms with van der Waals surface area (Å²) in [5.41, 5.74) is 1.87. The van der Waals surface area contributed by atoms with Crippen molar-refractivity contribution in [3.05, 3.63) is 28.3 Å². The van der Waals surface area contributed by atoms with Crippen LogP contribution in [0.25, 0.3) is 0 Å². The highest BCUT2D eigenvalue weighted by atomic mass is 35.5. The average molecular weight is 259 g/mol. The molecule has 0 aromatic heterocycles. The number of rotatable bonds is 6. The van der Waals surface area contributed by atoms with E-state index >= 15 is 0 Å². The lowest BCUT2D eigenvalue weighted by molar-refractivity contribution is -0.142. The second-order valence-electron chi connectivity index (χ2n) is 3.61. The summed E-state index contributed by atoms with van der Waals surface area (Å²) < 4.78 is 10.3. The molecule has 0 aliphatic carbocycles. The zero-order valence-electron chi connectivity index (χ0n) is 9.83. The van der Waals surface area contributed by atoms with E-state index in [1.807, 2.05) is 13.0 Å². The number of methoxy groups -OCH3 is 1. The number of carboxylic acid groups (broad SMARTS) is 1. The fourth-order valence-electron chi connectivity index (χ4n) is 1.62. The van der Waals surface area contributed by atoms with Crippen LogP contribution >= 0.6 is 11.6 Å². The predicted molar refractivity (Wildman–Crippen MR) is 64.9 cm³/mol. The van der Waals surface area contributed by atoms with E-state index in [0.717, 1.165) is 16.9 Å². The normalized spacial score (nSPS) is 10.3. The number of ether oxygens (including phenoxy) is 2. The summed E-state index contributed by atoms with van der Waals surface area (Å²) in [6, 6.07) is 3.62. The summed E-state index contributed by atoms with van der Waals surface area (Å²) in [5, 5.41) is 9.06. The second-order valence-corrected chi connectivity index (χ2v) is 4.05. The first-order valence-electron chi connectivity index (χ1n) is 5.17. The van der Waals surface area contributed by atoms with Crippen LogP contribution in [0.2, 0.25) is 5.02 Å². The van der Waals surface area contributed by atoms with Crippen molar-refractivity contribution in [1.82, 2.24) is 0 Å². The van der Waals surface area contributed by atoms with Crippen LogP contribution in [0.4, 0.5) is 0 Å². The van der Waals surface area contributed by atoms with Crippen LogP contribution in [0.15, 0.2) is 12.1 Å². The van der Waals surface area contributed by atoms with Crippen molar-refractivity contribution >= 4 is 17.6 Å². The first kappa shape index (κ1) is 13.8. The molecule has 5 heteroatoms. The summed E-state index contributed by atoms with van der Waals surface area (Å²) in [6.07, 6.45) is 0.567. The zero-order valence-corrected chi connectivity index (χ0v) is 10.6. The molecule has 0 aliphatic rings. The van der Waals surface area contributed by atoms with Crippen molar-refractivity contribution in [2.75, 3.05) is 20.3 Å². The highest BCUT2D eigenvalue weighted by molar-refractivity contribution is 6.30. The van der Waals surface area contributed by atoms with E-state index in [9.17, 15) is 4.79 Å². The molecule has 17 heavy (non-hydrogen) atoms. The number of hydrogen-bond donors (Lipinski definition) is 1. The zero-order chi connectivity index (χ0) is 12.8. The quantitative estimate of drug-likeness (QED) is 0.796. The van der Waals surface area contributed by atoms with Crippen molar-refractivity contribution in [1.29, 1.82) is 0 Å². The maximum absolute atomic E-state index is 10.3. The molecule has 0 amide bonds. The van der Waals surface area contributed by atoms with E-state index < -0.39 is 5.97 Å². The minimum absolute atomic E-state index is 0.290. The maximum atomic E-state index is 10.3. The molecule has 0 atom stereocenters. The topological polar surface area (TPSA) is 55.8 Å².